The molecule has 0 fully saturated rings. The lowest BCUT2D eigenvalue weighted by molar-refractivity contribution is 0.418. The molecule has 0 aliphatic carbocycles. The number of H-pyrrole nitrogens is 1. The molecule has 5 aromatic rings. The van der Waals surface area contributed by atoms with E-state index in [0.29, 0.717) is 11.8 Å². The number of fused-ring (bicyclic) bond motifs is 1. The molecule has 0 aliphatic heterocycles. The zero-order valence-corrected chi connectivity index (χ0v) is 18.2. The third kappa shape index (κ3) is 4.07. The molecule has 0 bridgehead atoms. The number of nitrogens with zero attached hydrogens (tertiary/aromatic N) is 2. The Morgan fingerprint density at radius 3 is 2.47 bits per heavy atom. The van der Waals surface area contributed by atoms with Gasteiger partial charge < -0.3 is 14.7 Å². The Kier molecular flexibility index (Phi) is 5.57. The number of benzene rings is 3. The molecule has 2 heterocycles. The predicted molar refractivity (Wildman–Crippen MR) is 127 cm³/mol. The van der Waals surface area contributed by atoms with Crippen LogP contribution in [0.15, 0.2) is 89.5 Å². The molecule has 3 aromatic carbocycles. The fraction of sp³-hybridized carbons (Fsp3) is 0.185. The lowest BCUT2D eigenvalue weighted by Gasteiger charge is -2.20. The lowest BCUT2D eigenvalue weighted by atomic mass is 9.90. The van der Waals surface area contributed by atoms with Gasteiger partial charge in [-0.1, -0.05) is 66.2 Å². The molecule has 0 unspecified atom stereocenters. The standard InChI is InChI=1S/C27H26N4O/c1-18-12-14-21(15-13-18)27-31-30-26(32-27)19(2)28-16-23(20-8-4-3-5-9-20)24-17-29-25-11-7-6-10-22(24)25/h3-15,17,19,23,28-29H,16H2,1-2H3/t19-,23+/m0/s1. The molecule has 0 spiro atoms. The number of aryl methyl sites for hydroxylation is 1. The topological polar surface area (TPSA) is 66.7 Å². The van der Waals surface area contributed by atoms with Gasteiger partial charge in [-0.05, 0) is 43.2 Å². The summed E-state index contributed by atoms with van der Waals surface area (Å²) in [7, 11) is 0. The van der Waals surface area contributed by atoms with Gasteiger partial charge in [0.1, 0.15) is 0 Å². The van der Waals surface area contributed by atoms with Crippen molar-refractivity contribution >= 4 is 10.9 Å². The molecule has 0 saturated heterocycles. The van der Waals surface area contributed by atoms with E-state index in [1.165, 1.54) is 22.1 Å². The maximum Gasteiger partial charge on any atom is 0.247 e. The summed E-state index contributed by atoms with van der Waals surface area (Å²) in [5.74, 6) is 1.32. The number of para-hydroxylation sites is 1. The van der Waals surface area contributed by atoms with Crippen LogP contribution in [0.2, 0.25) is 0 Å². The Balaban J connectivity index is 1.37. The van der Waals surface area contributed by atoms with E-state index >= 15 is 0 Å². The maximum absolute atomic E-state index is 5.98. The first kappa shape index (κ1) is 20.2. The quantitative estimate of drug-likeness (QED) is 0.337. The minimum Gasteiger partial charge on any atom is -0.419 e. The van der Waals surface area contributed by atoms with Crippen molar-refractivity contribution in [2.24, 2.45) is 0 Å². The molecule has 0 saturated carbocycles. The summed E-state index contributed by atoms with van der Waals surface area (Å²) < 4.78 is 5.98. The van der Waals surface area contributed by atoms with Crippen molar-refractivity contribution in [1.29, 1.82) is 0 Å². The molecule has 5 rings (SSSR count). The third-order valence-electron chi connectivity index (χ3n) is 5.94. The highest BCUT2D eigenvalue weighted by Crippen LogP contribution is 2.31. The van der Waals surface area contributed by atoms with Crippen LogP contribution in [0.1, 0.15) is 41.5 Å². The van der Waals surface area contributed by atoms with Gasteiger partial charge in [-0.2, -0.15) is 0 Å². The fourth-order valence-electron chi connectivity index (χ4n) is 4.08. The van der Waals surface area contributed by atoms with Crippen LogP contribution < -0.4 is 5.32 Å². The highest BCUT2D eigenvalue weighted by atomic mass is 16.4. The molecular weight excluding hydrogens is 396 g/mol. The molecule has 32 heavy (non-hydrogen) atoms. The highest BCUT2D eigenvalue weighted by molar-refractivity contribution is 5.84. The van der Waals surface area contributed by atoms with Crippen molar-refractivity contribution in [1.82, 2.24) is 20.5 Å². The Morgan fingerprint density at radius 2 is 1.66 bits per heavy atom. The average Bonchev–Trinajstić information content (AvgIpc) is 3.49. The molecule has 5 heteroatoms. The van der Waals surface area contributed by atoms with Crippen LogP contribution in [0.4, 0.5) is 0 Å². The van der Waals surface area contributed by atoms with Crippen LogP contribution in [-0.4, -0.2) is 21.7 Å². The van der Waals surface area contributed by atoms with E-state index < -0.39 is 0 Å². The Hall–Kier alpha value is -3.70. The Morgan fingerprint density at radius 1 is 0.906 bits per heavy atom. The van der Waals surface area contributed by atoms with Crippen molar-refractivity contribution < 1.29 is 4.42 Å². The summed E-state index contributed by atoms with van der Waals surface area (Å²) in [6.45, 7) is 4.87. The van der Waals surface area contributed by atoms with Gasteiger partial charge >= 0.3 is 0 Å². The van der Waals surface area contributed by atoms with Crippen LogP contribution in [0.3, 0.4) is 0 Å². The van der Waals surface area contributed by atoms with Gasteiger partial charge in [-0.15, -0.1) is 10.2 Å². The molecule has 160 valence electrons. The second-order valence-electron chi connectivity index (χ2n) is 8.19. The van der Waals surface area contributed by atoms with E-state index in [2.05, 4.69) is 95.1 Å². The monoisotopic (exact) mass is 422 g/mol. The number of aromatic nitrogens is 3. The number of hydrogen-bond acceptors (Lipinski definition) is 4. The van der Waals surface area contributed by atoms with E-state index in [9.17, 15) is 0 Å². The van der Waals surface area contributed by atoms with Gasteiger partial charge in [-0.25, -0.2) is 0 Å². The maximum atomic E-state index is 5.98. The summed E-state index contributed by atoms with van der Waals surface area (Å²) in [5.41, 5.74) is 5.83. The molecule has 2 N–H and O–H groups in total. The first-order valence-corrected chi connectivity index (χ1v) is 10.9. The van der Waals surface area contributed by atoms with Crippen LogP contribution in [0.5, 0.6) is 0 Å². The van der Waals surface area contributed by atoms with Crippen LogP contribution in [-0.2, 0) is 0 Å². The second-order valence-corrected chi connectivity index (χ2v) is 8.19. The van der Waals surface area contributed by atoms with Crippen LogP contribution in [0.25, 0.3) is 22.4 Å². The summed E-state index contributed by atoms with van der Waals surface area (Å²) >= 11 is 0. The van der Waals surface area contributed by atoms with E-state index in [1.807, 2.05) is 24.3 Å². The molecule has 2 aromatic heterocycles. The Labute approximate surface area is 187 Å². The zero-order valence-electron chi connectivity index (χ0n) is 18.2. The first-order valence-electron chi connectivity index (χ1n) is 10.9. The van der Waals surface area contributed by atoms with Crippen molar-refractivity contribution in [3.05, 3.63) is 108 Å². The molecule has 0 amide bonds. The largest absolute Gasteiger partial charge is 0.419 e. The second kappa shape index (κ2) is 8.81. The summed E-state index contributed by atoms with van der Waals surface area (Å²) in [6.07, 6.45) is 2.12. The van der Waals surface area contributed by atoms with Crippen LogP contribution >= 0.6 is 0 Å². The van der Waals surface area contributed by atoms with Crippen molar-refractivity contribution in [2.75, 3.05) is 6.54 Å². The van der Waals surface area contributed by atoms with E-state index in [1.54, 1.807) is 0 Å². The molecule has 2 atom stereocenters. The number of rotatable bonds is 7. The number of aromatic amines is 1. The lowest BCUT2D eigenvalue weighted by Crippen LogP contribution is -2.25. The molecule has 0 aliphatic rings. The third-order valence-corrected chi connectivity index (χ3v) is 5.94. The van der Waals surface area contributed by atoms with Crippen molar-refractivity contribution in [2.45, 2.75) is 25.8 Å². The van der Waals surface area contributed by atoms with Crippen molar-refractivity contribution in [3.8, 4) is 11.5 Å². The van der Waals surface area contributed by atoms with Gasteiger partial charge in [0.05, 0.1) is 6.04 Å². The zero-order chi connectivity index (χ0) is 21.9. The SMILES string of the molecule is Cc1ccc(-c2nnc([C@H](C)NC[C@H](c3ccccc3)c3c[nH]c4ccccc34)o2)cc1. The highest BCUT2D eigenvalue weighted by Gasteiger charge is 2.21. The van der Waals surface area contributed by atoms with Gasteiger partial charge in [0.25, 0.3) is 0 Å². The van der Waals surface area contributed by atoms with Crippen molar-refractivity contribution in [3.63, 3.8) is 0 Å². The van der Waals surface area contributed by atoms with Gasteiger partial charge in [-0.3, -0.25) is 0 Å². The predicted octanol–water partition coefficient (Wildman–Crippen LogP) is 6.01. The molecular formula is C27H26N4O. The van der Waals surface area contributed by atoms with Gasteiger partial charge in [0.15, 0.2) is 0 Å². The normalized spacial score (nSPS) is 13.3. The smallest absolute Gasteiger partial charge is 0.247 e. The summed E-state index contributed by atoms with van der Waals surface area (Å²) in [5, 5.41) is 13.4. The Bertz CT molecular complexity index is 1300. The van der Waals surface area contributed by atoms with E-state index in [-0.39, 0.29) is 12.0 Å². The minimum absolute atomic E-state index is 0.0712. The first-order chi connectivity index (χ1) is 15.7. The number of hydrogen-bond donors (Lipinski definition) is 2. The molecule has 5 nitrogen and oxygen atoms in total. The van der Waals surface area contributed by atoms with Gasteiger partial charge in [0.2, 0.25) is 11.8 Å². The summed E-state index contributed by atoms with van der Waals surface area (Å²) in [6, 6.07) is 27.1. The average molecular weight is 423 g/mol. The van der Waals surface area contributed by atoms with Crippen LogP contribution in [0, 0.1) is 6.92 Å². The number of nitrogens with one attached hydrogen (secondary N) is 2. The minimum atomic E-state index is -0.0712. The van der Waals surface area contributed by atoms with E-state index in [4.69, 9.17) is 4.42 Å². The van der Waals surface area contributed by atoms with Gasteiger partial charge in [0, 0.05) is 35.1 Å². The summed E-state index contributed by atoms with van der Waals surface area (Å²) in [4.78, 5) is 3.41. The van der Waals surface area contributed by atoms with E-state index in [0.717, 1.165) is 17.6 Å². The molecule has 0 radical (unpaired) electrons. The fourth-order valence-corrected chi connectivity index (χ4v) is 4.08.